The van der Waals surface area contributed by atoms with Crippen LogP contribution >= 0.6 is 11.6 Å². The zero-order chi connectivity index (χ0) is 14.7. The molecule has 0 bridgehead atoms. The molecule has 0 unspecified atom stereocenters. The van der Waals surface area contributed by atoms with Gasteiger partial charge in [0.2, 0.25) is 0 Å². The molecule has 0 fully saturated rings. The summed E-state index contributed by atoms with van der Waals surface area (Å²) in [5.41, 5.74) is 2.55. The molecule has 2 rings (SSSR count). The molecule has 0 radical (unpaired) electrons. The van der Waals surface area contributed by atoms with Crippen molar-refractivity contribution < 1.29 is 9.13 Å². The van der Waals surface area contributed by atoms with E-state index < -0.39 is 0 Å². The van der Waals surface area contributed by atoms with Crippen molar-refractivity contribution >= 4 is 11.6 Å². The monoisotopic (exact) mass is 289 g/mol. The summed E-state index contributed by atoms with van der Waals surface area (Å²) in [6, 6.07) is 10.2. The first-order chi connectivity index (χ1) is 9.56. The van der Waals surface area contributed by atoms with Crippen LogP contribution < -0.4 is 4.74 Å². The predicted molar refractivity (Wildman–Crippen MR) is 76.7 cm³/mol. The number of ether oxygens (including phenoxy) is 1. The molecule has 2 aromatic carbocycles. The van der Waals surface area contributed by atoms with E-state index in [0.717, 1.165) is 11.1 Å². The molecule has 4 heteroatoms. The van der Waals surface area contributed by atoms with Gasteiger partial charge in [0, 0.05) is 5.56 Å². The number of benzene rings is 2. The van der Waals surface area contributed by atoms with Gasteiger partial charge >= 0.3 is 0 Å². The molecule has 0 amide bonds. The first-order valence-electron chi connectivity index (χ1n) is 6.09. The average Bonchev–Trinajstić information content (AvgIpc) is 2.42. The van der Waals surface area contributed by atoms with Crippen molar-refractivity contribution in [3.05, 3.63) is 58.4 Å². The van der Waals surface area contributed by atoms with E-state index in [0.29, 0.717) is 22.6 Å². The lowest BCUT2D eigenvalue weighted by Crippen LogP contribution is -1.97. The van der Waals surface area contributed by atoms with Crippen LogP contribution in [0.15, 0.2) is 30.3 Å². The first-order valence-corrected chi connectivity index (χ1v) is 6.62. The standard InChI is InChI=1S/C16H13ClFNO/c1-10-6-12(9-19)7-11(2)16(10)20-15-5-3-4-14(18)13(15)8-17/h3-7H,8H2,1-2H3. The molecular formula is C16H13ClFNO. The summed E-state index contributed by atoms with van der Waals surface area (Å²) in [4.78, 5) is 0. The summed E-state index contributed by atoms with van der Waals surface area (Å²) in [5.74, 6) is 0.675. The van der Waals surface area contributed by atoms with Crippen molar-refractivity contribution in [2.45, 2.75) is 19.7 Å². The fraction of sp³-hybridized carbons (Fsp3) is 0.188. The van der Waals surface area contributed by atoms with Gasteiger partial charge in [-0.05, 0) is 49.2 Å². The first kappa shape index (κ1) is 14.4. The van der Waals surface area contributed by atoms with E-state index in [-0.39, 0.29) is 11.7 Å². The van der Waals surface area contributed by atoms with Gasteiger partial charge in [-0.25, -0.2) is 4.39 Å². The molecule has 0 aliphatic heterocycles. The van der Waals surface area contributed by atoms with Crippen molar-refractivity contribution in [2.24, 2.45) is 0 Å². The molecule has 20 heavy (non-hydrogen) atoms. The molecule has 0 aromatic heterocycles. The van der Waals surface area contributed by atoms with Crippen LogP contribution in [0.3, 0.4) is 0 Å². The zero-order valence-electron chi connectivity index (χ0n) is 11.2. The second-order valence-corrected chi connectivity index (χ2v) is 4.77. The van der Waals surface area contributed by atoms with Crippen molar-refractivity contribution in [3.8, 4) is 17.6 Å². The smallest absolute Gasteiger partial charge is 0.134 e. The molecule has 0 heterocycles. The topological polar surface area (TPSA) is 33.0 Å². The van der Waals surface area contributed by atoms with Crippen LogP contribution in [0.2, 0.25) is 0 Å². The number of nitrogens with zero attached hydrogens (tertiary/aromatic N) is 1. The summed E-state index contributed by atoms with van der Waals surface area (Å²) < 4.78 is 19.5. The Labute approximate surface area is 122 Å². The number of rotatable bonds is 3. The van der Waals surface area contributed by atoms with Crippen LogP contribution in [-0.2, 0) is 5.88 Å². The van der Waals surface area contributed by atoms with Crippen LogP contribution in [0.5, 0.6) is 11.5 Å². The van der Waals surface area contributed by atoms with Crippen LogP contribution in [0.25, 0.3) is 0 Å². The number of nitriles is 1. The Kier molecular flexibility index (Phi) is 4.26. The molecule has 102 valence electrons. The highest BCUT2D eigenvalue weighted by atomic mass is 35.5. The van der Waals surface area contributed by atoms with E-state index in [9.17, 15) is 4.39 Å². The molecule has 0 spiro atoms. The lowest BCUT2D eigenvalue weighted by Gasteiger charge is -2.14. The van der Waals surface area contributed by atoms with Crippen LogP contribution in [-0.4, -0.2) is 0 Å². The summed E-state index contributed by atoms with van der Waals surface area (Å²) in [6.07, 6.45) is 0. The molecule has 0 saturated carbocycles. The van der Waals surface area contributed by atoms with Crippen molar-refractivity contribution in [2.75, 3.05) is 0 Å². The Morgan fingerprint density at radius 3 is 2.45 bits per heavy atom. The second-order valence-electron chi connectivity index (χ2n) is 4.50. The molecular weight excluding hydrogens is 277 g/mol. The third-order valence-corrected chi connectivity index (χ3v) is 3.28. The van der Waals surface area contributed by atoms with Gasteiger partial charge in [0.25, 0.3) is 0 Å². The molecule has 2 aromatic rings. The number of alkyl halides is 1. The van der Waals surface area contributed by atoms with Gasteiger partial charge in [0.15, 0.2) is 0 Å². The van der Waals surface area contributed by atoms with Crippen LogP contribution in [0, 0.1) is 31.0 Å². The average molecular weight is 290 g/mol. The van der Waals surface area contributed by atoms with Gasteiger partial charge in [-0.3, -0.25) is 0 Å². The van der Waals surface area contributed by atoms with Gasteiger partial charge in [0.1, 0.15) is 17.3 Å². The number of aryl methyl sites for hydroxylation is 2. The van der Waals surface area contributed by atoms with Gasteiger partial charge in [-0.1, -0.05) is 6.07 Å². The molecule has 0 saturated heterocycles. The summed E-state index contributed by atoms with van der Waals surface area (Å²) >= 11 is 5.77. The molecule has 2 nitrogen and oxygen atoms in total. The maximum atomic E-state index is 13.7. The van der Waals surface area contributed by atoms with Gasteiger partial charge in [-0.15, -0.1) is 11.6 Å². The quantitative estimate of drug-likeness (QED) is 0.757. The lowest BCUT2D eigenvalue weighted by atomic mass is 10.1. The number of hydrogen-bond donors (Lipinski definition) is 0. The number of hydrogen-bond acceptors (Lipinski definition) is 2. The highest BCUT2D eigenvalue weighted by Gasteiger charge is 2.13. The normalized spacial score (nSPS) is 10.2. The van der Waals surface area contributed by atoms with E-state index in [1.165, 1.54) is 6.07 Å². The molecule has 0 aliphatic carbocycles. The minimum Gasteiger partial charge on any atom is -0.456 e. The summed E-state index contributed by atoms with van der Waals surface area (Å²) in [7, 11) is 0. The largest absolute Gasteiger partial charge is 0.456 e. The van der Waals surface area contributed by atoms with E-state index >= 15 is 0 Å². The number of halogens is 2. The Bertz CT molecular complexity index is 668. The fourth-order valence-corrected chi connectivity index (χ4v) is 2.31. The maximum absolute atomic E-state index is 13.7. The molecule has 0 aliphatic rings. The van der Waals surface area contributed by atoms with E-state index in [1.54, 1.807) is 24.3 Å². The second kappa shape index (κ2) is 5.94. The van der Waals surface area contributed by atoms with Crippen molar-refractivity contribution in [3.63, 3.8) is 0 Å². The van der Waals surface area contributed by atoms with Crippen molar-refractivity contribution in [1.82, 2.24) is 0 Å². The Balaban J connectivity index is 2.46. The van der Waals surface area contributed by atoms with Crippen LogP contribution in [0.1, 0.15) is 22.3 Å². The molecule has 0 N–H and O–H groups in total. The third kappa shape index (κ3) is 2.76. The fourth-order valence-electron chi connectivity index (χ4n) is 2.05. The van der Waals surface area contributed by atoms with Crippen molar-refractivity contribution in [1.29, 1.82) is 5.26 Å². The minimum atomic E-state index is -0.388. The van der Waals surface area contributed by atoms with E-state index in [1.807, 2.05) is 13.8 Å². The van der Waals surface area contributed by atoms with Crippen LogP contribution in [0.4, 0.5) is 4.39 Å². The SMILES string of the molecule is Cc1cc(C#N)cc(C)c1Oc1cccc(F)c1CCl. The highest BCUT2D eigenvalue weighted by Crippen LogP contribution is 2.33. The summed E-state index contributed by atoms with van der Waals surface area (Å²) in [5, 5.41) is 8.93. The highest BCUT2D eigenvalue weighted by molar-refractivity contribution is 6.17. The lowest BCUT2D eigenvalue weighted by molar-refractivity contribution is 0.463. The maximum Gasteiger partial charge on any atom is 0.134 e. The Morgan fingerprint density at radius 2 is 1.90 bits per heavy atom. The van der Waals surface area contributed by atoms with E-state index in [4.69, 9.17) is 21.6 Å². The zero-order valence-corrected chi connectivity index (χ0v) is 12.0. The summed E-state index contributed by atoms with van der Waals surface area (Å²) in [6.45, 7) is 3.70. The third-order valence-electron chi connectivity index (χ3n) is 3.01. The molecule has 0 atom stereocenters. The van der Waals surface area contributed by atoms with Gasteiger partial charge < -0.3 is 4.74 Å². The minimum absolute atomic E-state index is 0.0381. The van der Waals surface area contributed by atoms with E-state index in [2.05, 4.69) is 6.07 Å². The van der Waals surface area contributed by atoms with Gasteiger partial charge in [0.05, 0.1) is 17.5 Å². The Morgan fingerprint density at radius 1 is 1.25 bits per heavy atom. The van der Waals surface area contributed by atoms with Gasteiger partial charge in [-0.2, -0.15) is 5.26 Å². The predicted octanol–water partition coefficient (Wildman–Crippen LogP) is 4.85. The Hall–Kier alpha value is -2.05.